The molecule has 1 fully saturated rings. The summed E-state index contributed by atoms with van der Waals surface area (Å²) < 4.78 is 5.56. The molecule has 1 aromatic heterocycles. The predicted molar refractivity (Wildman–Crippen MR) is 63.0 cm³/mol. The Hall–Kier alpha value is -0.480. The highest BCUT2D eigenvalue weighted by atomic mass is 32.2. The summed E-state index contributed by atoms with van der Waals surface area (Å²) in [4.78, 5) is 4.55. The second kappa shape index (κ2) is 5.03. The van der Waals surface area contributed by atoms with Crippen LogP contribution in [0.2, 0.25) is 0 Å². The Morgan fingerprint density at radius 1 is 1.60 bits per heavy atom. The number of hydrogen-bond donors (Lipinski definition) is 1. The third kappa shape index (κ3) is 2.55. The number of hydrogen-bond acceptors (Lipinski definition) is 4. The quantitative estimate of drug-likeness (QED) is 0.860. The largest absolute Gasteiger partial charge is 0.447 e. The molecule has 2 rings (SSSR count). The van der Waals surface area contributed by atoms with E-state index in [0.29, 0.717) is 5.25 Å². The fourth-order valence-electron chi connectivity index (χ4n) is 1.73. The normalized spacial score (nSPS) is 24.0. The van der Waals surface area contributed by atoms with E-state index < -0.39 is 0 Å². The van der Waals surface area contributed by atoms with E-state index in [2.05, 4.69) is 17.2 Å². The summed E-state index contributed by atoms with van der Waals surface area (Å²) in [6.45, 7) is 2.09. The van der Waals surface area contributed by atoms with Crippen LogP contribution in [0.3, 0.4) is 0 Å². The Morgan fingerprint density at radius 3 is 3.13 bits per heavy atom. The van der Waals surface area contributed by atoms with E-state index in [1.807, 2.05) is 18.8 Å². The summed E-state index contributed by atoms with van der Waals surface area (Å²) in [5.74, 6) is 2.15. The molecule has 1 aliphatic heterocycles. The first-order valence-corrected chi connectivity index (χ1v) is 6.60. The van der Waals surface area contributed by atoms with Crippen LogP contribution in [0.4, 0.5) is 0 Å². The molecule has 1 saturated heterocycles. The van der Waals surface area contributed by atoms with Crippen molar-refractivity contribution in [1.29, 1.82) is 0 Å². The van der Waals surface area contributed by atoms with Crippen LogP contribution >= 0.6 is 11.8 Å². The Labute approximate surface area is 95.0 Å². The first-order chi connectivity index (χ1) is 7.31. The number of oxazole rings is 1. The van der Waals surface area contributed by atoms with Crippen LogP contribution < -0.4 is 5.32 Å². The van der Waals surface area contributed by atoms with Crippen LogP contribution in [0.15, 0.2) is 10.7 Å². The van der Waals surface area contributed by atoms with E-state index in [0.717, 1.165) is 11.6 Å². The van der Waals surface area contributed by atoms with Crippen molar-refractivity contribution < 1.29 is 4.42 Å². The topological polar surface area (TPSA) is 38.1 Å². The molecule has 1 aromatic rings. The lowest BCUT2D eigenvalue weighted by atomic mass is 10.2. The average Bonchev–Trinajstić information content (AvgIpc) is 2.78. The lowest BCUT2D eigenvalue weighted by Crippen LogP contribution is -2.12. The molecule has 1 N–H and O–H groups in total. The Bertz CT molecular complexity index is 307. The van der Waals surface area contributed by atoms with Crippen molar-refractivity contribution in [3.8, 4) is 0 Å². The maximum Gasteiger partial charge on any atom is 0.207 e. The van der Waals surface area contributed by atoms with Gasteiger partial charge in [-0.05, 0) is 32.6 Å². The van der Waals surface area contributed by atoms with Gasteiger partial charge in [-0.25, -0.2) is 4.98 Å². The van der Waals surface area contributed by atoms with Gasteiger partial charge in [0.2, 0.25) is 5.89 Å². The molecule has 1 aliphatic rings. The molecule has 0 radical (unpaired) electrons. The molecule has 2 heterocycles. The van der Waals surface area contributed by atoms with Gasteiger partial charge in [-0.2, -0.15) is 0 Å². The van der Waals surface area contributed by atoms with Crippen LogP contribution in [-0.4, -0.2) is 17.8 Å². The van der Waals surface area contributed by atoms with Crippen LogP contribution in [0.1, 0.15) is 49.1 Å². The molecule has 0 aromatic carbocycles. The van der Waals surface area contributed by atoms with E-state index in [1.54, 1.807) is 6.26 Å². The lowest BCUT2D eigenvalue weighted by Gasteiger charge is -2.17. The molecule has 84 valence electrons. The Kier molecular flexibility index (Phi) is 3.70. The molecule has 0 saturated carbocycles. The van der Waals surface area contributed by atoms with Crippen LogP contribution in [0.5, 0.6) is 0 Å². The zero-order valence-electron chi connectivity index (χ0n) is 9.32. The van der Waals surface area contributed by atoms with Gasteiger partial charge >= 0.3 is 0 Å². The highest BCUT2D eigenvalue weighted by molar-refractivity contribution is 7.99. The lowest BCUT2D eigenvalue weighted by molar-refractivity contribution is 0.472. The minimum absolute atomic E-state index is 0.274. The van der Waals surface area contributed by atoms with Crippen molar-refractivity contribution in [3.63, 3.8) is 0 Å². The fraction of sp³-hybridized carbons (Fsp3) is 0.727. The van der Waals surface area contributed by atoms with Gasteiger partial charge in [-0.15, -0.1) is 11.8 Å². The summed E-state index contributed by atoms with van der Waals surface area (Å²) in [5.41, 5.74) is 1.01. The summed E-state index contributed by atoms with van der Waals surface area (Å²) in [7, 11) is 1.94. The van der Waals surface area contributed by atoms with Crippen molar-refractivity contribution >= 4 is 11.8 Å². The van der Waals surface area contributed by atoms with E-state index in [-0.39, 0.29) is 6.04 Å². The summed E-state index contributed by atoms with van der Waals surface area (Å²) in [5, 5.41) is 3.65. The number of aromatic nitrogens is 1. The van der Waals surface area contributed by atoms with E-state index in [1.165, 1.54) is 25.0 Å². The first-order valence-electron chi connectivity index (χ1n) is 5.55. The fourth-order valence-corrected chi connectivity index (χ4v) is 2.97. The summed E-state index contributed by atoms with van der Waals surface area (Å²) >= 11 is 1.97. The predicted octanol–water partition coefficient (Wildman–Crippen LogP) is 2.91. The number of thioether (sulfide) groups is 1. The molecule has 0 amide bonds. The van der Waals surface area contributed by atoms with E-state index >= 15 is 0 Å². The highest BCUT2D eigenvalue weighted by Gasteiger charge is 2.21. The van der Waals surface area contributed by atoms with E-state index in [9.17, 15) is 0 Å². The number of nitrogens with one attached hydrogen (secondary N) is 1. The molecule has 0 spiro atoms. The average molecular weight is 226 g/mol. The standard InChI is InChI=1S/C11H18N2OS/c1-8(12-2)9-7-14-11(13-9)10-5-3-4-6-15-10/h7-8,10,12H,3-6H2,1-2H3. The Balaban J connectivity index is 2.05. The molecule has 3 nitrogen and oxygen atoms in total. The SMILES string of the molecule is CNC(C)c1coc(C2CCCCS2)n1. The maximum atomic E-state index is 5.56. The second-order valence-corrected chi connectivity index (χ2v) is 5.29. The van der Waals surface area contributed by atoms with Gasteiger partial charge in [0.1, 0.15) is 6.26 Å². The number of nitrogens with zero attached hydrogens (tertiary/aromatic N) is 1. The van der Waals surface area contributed by atoms with E-state index in [4.69, 9.17) is 4.42 Å². The smallest absolute Gasteiger partial charge is 0.207 e. The van der Waals surface area contributed by atoms with Gasteiger partial charge in [-0.1, -0.05) is 6.42 Å². The minimum atomic E-state index is 0.274. The van der Waals surface area contributed by atoms with Gasteiger partial charge in [0.25, 0.3) is 0 Å². The zero-order valence-corrected chi connectivity index (χ0v) is 10.1. The molecule has 0 bridgehead atoms. The molecular weight excluding hydrogens is 208 g/mol. The first kappa shape index (κ1) is 11.0. The van der Waals surface area contributed by atoms with Crippen molar-refractivity contribution in [3.05, 3.63) is 17.8 Å². The molecular formula is C11H18N2OS. The number of rotatable bonds is 3. The zero-order chi connectivity index (χ0) is 10.7. The second-order valence-electron chi connectivity index (χ2n) is 3.98. The van der Waals surface area contributed by atoms with Gasteiger partial charge in [0.15, 0.2) is 0 Å². The van der Waals surface area contributed by atoms with Crippen molar-refractivity contribution in [2.45, 2.75) is 37.5 Å². The van der Waals surface area contributed by atoms with Crippen molar-refractivity contribution in [2.24, 2.45) is 0 Å². The van der Waals surface area contributed by atoms with Crippen LogP contribution in [-0.2, 0) is 0 Å². The van der Waals surface area contributed by atoms with Crippen molar-refractivity contribution in [2.75, 3.05) is 12.8 Å². The summed E-state index contributed by atoms with van der Waals surface area (Å²) in [6.07, 6.45) is 5.63. The molecule has 2 atom stereocenters. The molecule has 0 aliphatic carbocycles. The van der Waals surface area contributed by atoms with Crippen molar-refractivity contribution in [1.82, 2.24) is 10.3 Å². The van der Waals surface area contributed by atoms with Crippen LogP contribution in [0.25, 0.3) is 0 Å². The highest BCUT2D eigenvalue weighted by Crippen LogP contribution is 2.37. The Morgan fingerprint density at radius 2 is 2.47 bits per heavy atom. The third-order valence-corrected chi connectivity index (χ3v) is 4.24. The van der Waals surface area contributed by atoms with Gasteiger partial charge in [0.05, 0.1) is 10.9 Å². The van der Waals surface area contributed by atoms with Gasteiger partial charge in [0, 0.05) is 6.04 Å². The summed E-state index contributed by atoms with van der Waals surface area (Å²) in [6, 6.07) is 0.274. The third-order valence-electron chi connectivity index (χ3n) is 2.87. The van der Waals surface area contributed by atoms with Gasteiger partial charge in [-0.3, -0.25) is 0 Å². The van der Waals surface area contributed by atoms with Gasteiger partial charge < -0.3 is 9.73 Å². The maximum absolute atomic E-state index is 5.56. The molecule has 2 unspecified atom stereocenters. The molecule has 15 heavy (non-hydrogen) atoms. The molecule has 4 heteroatoms. The monoisotopic (exact) mass is 226 g/mol. The van der Waals surface area contributed by atoms with Crippen LogP contribution in [0, 0.1) is 0 Å². The minimum Gasteiger partial charge on any atom is -0.447 e.